The molecule has 1 saturated heterocycles. The number of aryl methyl sites for hydroxylation is 1. The van der Waals surface area contributed by atoms with Crippen LogP contribution in [-0.2, 0) is 0 Å². The number of ether oxygens (including phenoxy) is 1. The van der Waals surface area contributed by atoms with Gasteiger partial charge in [-0.05, 0) is 25.5 Å². The summed E-state index contributed by atoms with van der Waals surface area (Å²) in [5.74, 6) is 0.921. The van der Waals surface area contributed by atoms with Crippen molar-refractivity contribution in [2.45, 2.75) is 32.3 Å². The van der Waals surface area contributed by atoms with Crippen LogP contribution in [0.25, 0.3) is 0 Å². The van der Waals surface area contributed by atoms with Gasteiger partial charge in [0.05, 0.1) is 5.60 Å². The van der Waals surface area contributed by atoms with Gasteiger partial charge in [0.15, 0.2) is 0 Å². The molecule has 0 aliphatic carbocycles. The van der Waals surface area contributed by atoms with E-state index in [0.717, 1.165) is 38.2 Å². The molecular weight excluding hydrogens is 226 g/mol. The normalized spacial score (nSPS) is 18.4. The first-order valence-electron chi connectivity index (χ1n) is 6.75. The van der Waals surface area contributed by atoms with E-state index in [4.69, 9.17) is 4.74 Å². The third-order valence-corrected chi connectivity index (χ3v) is 3.45. The van der Waals surface area contributed by atoms with Crippen molar-refractivity contribution in [3.63, 3.8) is 0 Å². The van der Waals surface area contributed by atoms with E-state index in [1.54, 1.807) is 0 Å². The Kier molecular flexibility index (Phi) is 4.25. The van der Waals surface area contributed by atoms with Crippen LogP contribution in [0.2, 0.25) is 0 Å². The number of nitrogens with zero attached hydrogens (tertiary/aromatic N) is 1. The van der Waals surface area contributed by atoms with Crippen molar-refractivity contribution >= 4 is 0 Å². The van der Waals surface area contributed by atoms with Gasteiger partial charge < -0.3 is 9.84 Å². The van der Waals surface area contributed by atoms with E-state index in [9.17, 15) is 5.11 Å². The van der Waals surface area contributed by atoms with Gasteiger partial charge in [-0.25, -0.2) is 0 Å². The van der Waals surface area contributed by atoms with E-state index < -0.39 is 5.60 Å². The molecular formula is C15H23NO2. The predicted octanol–water partition coefficient (Wildman–Crippen LogP) is 2.22. The van der Waals surface area contributed by atoms with Crippen molar-refractivity contribution in [1.29, 1.82) is 0 Å². The van der Waals surface area contributed by atoms with E-state index in [-0.39, 0.29) is 0 Å². The summed E-state index contributed by atoms with van der Waals surface area (Å²) in [6.07, 6.45) is 1.95. The van der Waals surface area contributed by atoms with Crippen molar-refractivity contribution in [3.05, 3.63) is 29.8 Å². The van der Waals surface area contributed by atoms with Gasteiger partial charge in [0.25, 0.3) is 0 Å². The fourth-order valence-electron chi connectivity index (χ4n) is 2.49. The highest BCUT2D eigenvalue weighted by molar-refractivity contribution is 5.26. The molecule has 0 saturated carbocycles. The molecule has 1 heterocycles. The lowest BCUT2D eigenvalue weighted by Gasteiger charge is -2.46. The first-order chi connectivity index (χ1) is 8.61. The highest BCUT2D eigenvalue weighted by Gasteiger charge is 2.39. The van der Waals surface area contributed by atoms with Crippen LogP contribution in [0, 0.1) is 6.92 Å². The molecule has 3 nitrogen and oxygen atoms in total. The molecule has 1 aliphatic heterocycles. The Morgan fingerprint density at radius 3 is 2.56 bits per heavy atom. The van der Waals surface area contributed by atoms with Crippen molar-refractivity contribution in [2.75, 3.05) is 26.2 Å². The maximum absolute atomic E-state index is 10.0. The van der Waals surface area contributed by atoms with E-state index in [1.165, 1.54) is 5.56 Å². The van der Waals surface area contributed by atoms with Gasteiger partial charge in [-0.2, -0.15) is 0 Å². The summed E-state index contributed by atoms with van der Waals surface area (Å²) in [6, 6.07) is 8.11. The molecule has 1 aromatic carbocycles. The zero-order chi connectivity index (χ0) is 13.0. The van der Waals surface area contributed by atoms with Crippen LogP contribution in [0.5, 0.6) is 5.75 Å². The summed E-state index contributed by atoms with van der Waals surface area (Å²) < 4.78 is 5.67. The lowest BCUT2D eigenvalue weighted by molar-refractivity contribution is -0.105. The minimum Gasteiger partial charge on any atom is -0.492 e. The third kappa shape index (κ3) is 3.47. The highest BCUT2D eigenvalue weighted by Crippen LogP contribution is 2.25. The largest absolute Gasteiger partial charge is 0.492 e. The standard InChI is InChI=1S/C15H23NO2/c1-3-8-15(17)11-16(12-15)9-10-18-14-6-4-13(2)5-7-14/h4-7,17H,3,8-12H2,1-2H3. The third-order valence-electron chi connectivity index (χ3n) is 3.45. The summed E-state index contributed by atoms with van der Waals surface area (Å²) in [5.41, 5.74) is 0.813. The molecule has 0 bridgehead atoms. The van der Waals surface area contributed by atoms with Crippen LogP contribution in [-0.4, -0.2) is 41.8 Å². The molecule has 1 fully saturated rings. The Bertz CT molecular complexity index is 369. The summed E-state index contributed by atoms with van der Waals surface area (Å²) in [5, 5.41) is 10.0. The quantitative estimate of drug-likeness (QED) is 0.839. The van der Waals surface area contributed by atoms with E-state index in [2.05, 4.69) is 30.9 Å². The zero-order valence-corrected chi connectivity index (χ0v) is 11.4. The van der Waals surface area contributed by atoms with Crippen LogP contribution >= 0.6 is 0 Å². The number of β-amino-alcohol motifs (C(OH)–C–C–N with tert-alkyl or cyclic N) is 1. The molecule has 0 aromatic heterocycles. The summed E-state index contributed by atoms with van der Waals surface area (Å²) >= 11 is 0. The molecule has 2 rings (SSSR count). The molecule has 0 unspecified atom stereocenters. The Morgan fingerprint density at radius 2 is 1.94 bits per heavy atom. The number of benzene rings is 1. The Labute approximate surface area is 109 Å². The van der Waals surface area contributed by atoms with Gasteiger partial charge in [0.1, 0.15) is 12.4 Å². The van der Waals surface area contributed by atoms with Gasteiger partial charge in [-0.15, -0.1) is 0 Å². The van der Waals surface area contributed by atoms with Crippen LogP contribution < -0.4 is 4.74 Å². The second-order valence-electron chi connectivity index (χ2n) is 5.35. The fraction of sp³-hybridized carbons (Fsp3) is 0.600. The zero-order valence-electron chi connectivity index (χ0n) is 11.4. The summed E-state index contributed by atoms with van der Waals surface area (Å²) in [7, 11) is 0. The molecule has 0 radical (unpaired) electrons. The summed E-state index contributed by atoms with van der Waals surface area (Å²) in [4.78, 5) is 2.24. The molecule has 0 atom stereocenters. The second kappa shape index (κ2) is 5.72. The van der Waals surface area contributed by atoms with Gasteiger partial charge in [0.2, 0.25) is 0 Å². The van der Waals surface area contributed by atoms with Gasteiger partial charge >= 0.3 is 0 Å². The molecule has 1 aliphatic rings. The van der Waals surface area contributed by atoms with E-state index >= 15 is 0 Å². The van der Waals surface area contributed by atoms with Crippen LogP contribution in [0.3, 0.4) is 0 Å². The molecule has 100 valence electrons. The minimum atomic E-state index is -0.432. The number of likely N-dealkylation sites (tertiary alicyclic amines) is 1. The van der Waals surface area contributed by atoms with Gasteiger partial charge in [-0.3, -0.25) is 4.90 Å². The van der Waals surface area contributed by atoms with Crippen molar-refractivity contribution < 1.29 is 9.84 Å². The Hall–Kier alpha value is -1.06. The first-order valence-corrected chi connectivity index (χ1v) is 6.75. The van der Waals surface area contributed by atoms with Crippen molar-refractivity contribution in [1.82, 2.24) is 4.90 Å². The molecule has 1 aromatic rings. The Morgan fingerprint density at radius 1 is 1.28 bits per heavy atom. The summed E-state index contributed by atoms with van der Waals surface area (Å²) in [6.45, 7) is 7.33. The number of rotatable bonds is 6. The molecule has 18 heavy (non-hydrogen) atoms. The maximum atomic E-state index is 10.0. The smallest absolute Gasteiger partial charge is 0.119 e. The lowest BCUT2D eigenvalue weighted by Crippen LogP contribution is -2.62. The molecule has 0 amide bonds. The van der Waals surface area contributed by atoms with Crippen molar-refractivity contribution in [3.8, 4) is 5.75 Å². The van der Waals surface area contributed by atoms with Crippen molar-refractivity contribution in [2.24, 2.45) is 0 Å². The second-order valence-corrected chi connectivity index (χ2v) is 5.35. The molecule has 3 heteroatoms. The lowest BCUT2D eigenvalue weighted by atomic mass is 9.89. The number of hydrogen-bond acceptors (Lipinski definition) is 3. The van der Waals surface area contributed by atoms with E-state index in [0.29, 0.717) is 6.61 Å². The van der Waals surface area contributed by atoms with Gasteiger partial charge in [0, 0.05) is 19.6 Å². The highest BCUT2D eigenvalue weighted by atomic mass is 16.5. The SMILES string of the molecule is CCCC1(O)CN(CCOc2ccc(C)cc2)C1. The van der Waals surface area contributed by atoms with E-state index in [1.807, 2.05) is 12.1 Å². The van der Waals surface area contributed by atoms with Crippen LogP contribution in [0.15, 0.2) is 24.3 Å². The number of aliphatic hydroxyl groups is 1. The monoisotopic (exact) mass is 249 g/mol. The number of hydrogen-bond donors (Lipinski definition) is 1. The Balaban J connectivity index is 1.64. The predicted molar refractivity (Wildman–Crippen MR) is 73.0 cm³/mol. The van der Waals surface area contributed by atoms with Crippen LogP contribution in [0.1, 0.15) is 25.3 Å². The average molecular weight is 249 g/mol. The molecule has 1 N–H and O–H groups in total. The maximum Gasteiger partial charge on any atom is 0.119 e. The van der Waals surface area contributed by atoms with Crippen LogP contribution in [0.4, 0.5) is 0 Å². The fourth-order valence-corrected chi connectivity index (χ4v) is 2.49. The minimum absolute atomic E-state index is 0.432. The average Bonchev–Trinajstić information content (AvgIpc) is 2.30. The first kappa shape index (κ1) is 13.4. The molecule has 0 spiro atoms. The topological polar surface area (TPSA) is 32.7 Å². The van der Waals surface area contributed by atoms with Gasteiger partial charge in [-0.1, -0.05) is 31.0 Å².